The zero-order valence-electron chi connectivity index (χ0n) is 18.8. The van der Waals surface area contributed by atoms with Crippen molar-refractivity contribution in [1.82, 2.24) is 4.90 Å². The average Bonchev–Trinajstić information content (AvgIpc) is 2.83. The van der Waals surface area contributed by atoms with Crippen molar-refractivity contribution in [2.24, 2.45) is 0 Å². The number of amides is 2. The van der Waals surface area contributed by atoms with Crippen LogP contribution in [0.2, 0.25) is 0 Å². The number of hydrogen-bond donors (Lipinski definition) is 1. The largest absolute Gasteiger partial charge is 0.493 e. The standard InChI is InChI=1S/C27H28N2O4/c1-2-32-24-12-10-18-7-3-4-9-21(18)25(24)26(30)28-19-11-13-23-22(17-19)27(31)29-15-6-5-8-20(29)14-16-33-23/h3-4,7,9-13,17,20H,2,5-6,8,14-16H2,1H3,(H,28,30). The molecule has 33 heavy (non-hydrogen) atoms. The van der Waals surface area contributed by atoms with Crippen molar-refractivity contribution in [1.29, 1.82) is 0 Å². The number of anilines is 1. The fourth-order valence-electron chi connectivity index (χ4n) is 4.88. The molecule has 6 nitrogen and oxygen atoms in total. The van der Waals surface area contributed by atoms with Gasteiger partial charge in [-0.3, -0.25) is 9.59 Å². The van der Waals surface area contributed by atoms with E-state index in [4.69, 9.17) is 9.47 Å². The van der Waals surface area contributed by atoms with Crippen LogP contribution in [-0.4, -0.2) is 42.5 Å². The summed E-state index contributed by atoms with van der Waals surface area (Å²) in [6.45, 7) is 3.71. The van der Waals surface area contributed by atoms with Gasteiger partial charge >= 0.3 is 0 Å². The molecule has 2 amide bonds. The van der Waals surface area contributed by atoms with E-state index in [2.05, 4.69) is 5.32 Å². The second kappa shape index (κ2) is 9.14. The van der Waals surface area contributed by atoms with Crippen LogP contribution in [0.15, 0.2) is 54.6 Å². The Morgan fingerprint density at radius 3 is 2.88 bits per heavy atom. The Morgan fingerprint density at radius 2 is 2.00 bits per heavy atom. The van der Waals surface area contributed by atoms with E-state index in [9.17, 15) is 9.59 Å². The number of ether oxygens (including phenoxy) is 2. The Kier molecular flexibility index (Phi) is 5.90. The lowest BCUT2D eigenvalue weighted by molar-refractivity contribution is 0.0548. The molecular formula is C27H28N2O4. The first-order chi connectivity index (χ1) is 16.2. The van der Waals surface area contributed by atoms with Gasteiger partial charge in [0.25, 0.3) is 11.8 Å². The lowest BCUT2D eigenvalue weighted by atomic mass is 9.97. The van der Waals surface area contributed by atoms with Gasteiger partial charge in [-0.15, -0.1) is 0 Å². The summed E-state index contributed by atoms with van der Waals surface area (Å²) < 4.78 is 11.7. The molecule has 3 aromatic rings. The van der Waals surface area contributed by atoms with E-state index in [0.717, 1.165) is 43.0 Å². The Balaban J connectivity index is 1.48. The molecule has 2 aliphatic heterocycles. The highest BCUT2D eigenvalue weighted by atomic mass is 16.5. The summed E-state index contributed by atoms with van der Waals surface area (Å²) in [7, 11) is 0. The van der Waals surface area contributed by atoms with Gasteiger partial charge in [0.15, 0.2) is 0 Å². The van der Waals surface area contributed by atoms with Crippen molar-refractivity contribution in [3.8, 4) is 11.5 Å². The molecule has 0 spiro atoms. The topological polar surface area (TPSA) is 67.9 Å². The molecule has 1 saturated heterocycles. The van der Waals surface area contributed by atoms with E-state index in [0.29, 0.717) is 41.5 Å². The van der Waals surface area contributed by atoms with Crippen molar-refractivity contribution >= 4 is 28.3 Å². The molecule has 0 bridgehead atoms. The summed E-state index contributed by atoms with van der Waals surface area (Å²) >= 11 is 0. The van der Waals surface area contributed by atoms with Crippen LogP contribution >= 0.6 is 0 Å². The number of nitrogens with one attached hydrogen (secondary N) is 1. The average molecular weight is 445 g/mol. The van der Waals surface area contributed by atoms with Gasteiger partial charge in [0.1, 0.15) is 11.5 Å². The molecule has 0 radical (unpaired) electrons. The van der Waals surface area contributed by atoms with Gasteiger partial charge in [0.2, 0.25) is 0 Å². The highest BCUT2D eigenvalue weighted by Crippen LogP contribution is 2.32. The summed E-state index contributed by atoms with van der Waals surface area (Å²) in [5.41, 5.74) is 1.54. The van der Waals surface area contributed by atoms with Crippen molar-refractivity contribution < 1.29 is 19.1 Å². The smallest absolute Gasteiger partial charge is 0.260 e. The number of nitrogens with zero attached hydrogens (tertiary/aromatic N) is 1. The molecule has 170 valence electrons. The molecule has 0 aliphatic carbocycles. The second-order valence-corrected chi connectivity index (χ2v) is 8.54. The predicted octanol–water partition coefficient (Wildman–Crippen LogP) is 5.27. The molecule has 0 aromatic heterocycles. The van der Waals surface area contributed by atoms with Gasteiger partial charge in [0.05, 0.1) is 24.3 Å². The van der Waals surface area contributed by atoms with Crippen molar-refractivity contribution in [2.45, 2.75) is 38.6 Å². The third kappa shape index (κ3) is 4.13. The zero-order chi connectivity index (χ0) is 22.8. The Bertz CT molecular complexity index is 1210. The second-order valence-electron chi connectivity index (χ2n) is 8.54. The fourth-order valence-corrected chi connectivity index (χ4v) is 4.88. The van der Waals surface area contributed by atoms with Crippen LogP contribution in [0, 0.1) is 0 Å². The van der Waals surface area contributed by atoms with Crippen LogP contribution in [0.5, 0.6) is 11.5 Å². The first-order valence-electron chi connectivity index (χ1n) is 11.7. The Hall–Kier alpha value is -3.54. The molecule has 1 fully saturated rings. The lowest BCUT2D eigenvalue weighted by Crippen LogP contribution is -2.45. The number of carbonyl (C=O) groups is 2. The maximum absolute atomic E-state index is 13.4. The van der Waals surface area contributed by atoms with Crippen LogP contribution in [0.1, 0.15) is 53.3 Å². The first-order valence-corrected chi connectivity index (χ1v) is 11.7. The van der Waals surface area contributed by atoms with Crippen molar-refractivity contribution in [3.05, 3.63) is 65.7 Å². The fraction of sp³-hybridized carbons (Fsp3) is 0.333. The van der Waals surface area contributed by atoms with Crippen LogP contribution in [0.3, 0.4) is 0 Å². The summed E-state index contributed by atoms with van der Waals surface area (Å²) in [5.74, 6) is 0.814. The third-order valence-corrected chi connectivity index (χ3v) is 6.48. The zero-order valence-corrected chi connectivity index (χ0v) is 18.8. The minimum absolute atomic E-state index is 0.0225. The molecule has 1 N–H and O–H groups in total. The Labute approximate surface area is 193 Å². The molecule has 3 aromatic carbocycles. The minimum Gasteiger partial charge on any atom is -0.493 e. The van der Waals surface area contributed by atoms with E-state index in [1.165, 1.54) is 0 Å². The highest BCUT2D eigenvalue weighted by molar-refractivity contribution is 6.15. The number of benzene rings is 3. The minimum atomic E-state index is -0.273. The number of rotatable bonds is 4. The van der Waals surface area contributed by atoms with Gasteiger partial charge in [0, 0.05) is 24.7 Å². The monoisotopic (exact) mass is 444 g/mol. The van der Waals surface area contributed by atoms with Crippen LogP contribution in [-0.2, 0) is 0 Å². The maximum atomic E-state index is 13.4. The molecule has 1 unspecified atom stereocenters. The molecule has 2 aliphatic rings. The summed E-state index contributed by atoms with van der Waals surface area (Å²) in [4.78, 5) is 28.7. The highest BCUT2D eigenvalue weighted by Gasteiger charge is 2.31. The first kappa shape index (κ1) is 21.3. The van der Waals surface area contributed by atoms with E-state index < -0.39 is 0 Å². The number of hydrogen-bond acceptors (Lipinski definition) is 4. The lowest BCUT2D eigenvalue weighted by Gasteiger charge is -2.37. The van der Waals surface area contributed by atoms with E-state index in [1.54, 1.807) is 18.2 Å². The normalized spacial score (nSPS) is 17.9. The maximum Gasteiger partial charge on any atom is 0.260 e. The van der Waals surface area contributed by atoms with Gasteiger partial charge in [-0.2, -0.15) is 0 Å². The predicted molar refractivity (Wildman–Crippen MR) is 128 cm³/mol. The van der Waals surface area contributed by atoms with E-state index in [-0.39, 0.29) is 17.9 Å². The number of piperidine rings is 1. The van der Waals surface area contributed by atoms with Gasteiger partial charge < -0.3 is 19.7 Å². The quantitative estimate of drug-likeness (QED) is 0.595. The molecule has 2 heterocycles. The van der Waals surface area contributed by atoms with E-state index in [1.807, 2.05) is 48.2 Å². The van der Waals surface area contributed by atoms with E-state index >= 15 is 0 Å². The number of fused-ring (bicyclic) bond motifs is 3. The van der Waals surface area contributed by atoms with Crippen LogP contribution < -0.4 is 14.8 Å². The molecule has 6 heteroatoms. The number of carbonyl (C=O) groups excluding carboxylic acids is 2. The summed E-state index contributed by atoms with van der Waals surface area (Å²) in [6, 6.07) is 17.0. The van der Waals surface area contributed by atoms with Crippen molar-refractivity contribution in [3.63, 3.8) is 0 Å². The van der Waals surface area contributed by atoms with Crippen molar-refractivity contribution in [2.75, 3.05) is 25.1 Å². The summed E-state index contributed by atoms with van der Waals surface area (Å²) in [5, 5.41) is 4.77. The summed E-state index contributed by atoms with van der Waals surface area (Å²) in [6.07, 6.45) is 4.04. The van der Waals surface area contributed by atoms with Gasteiger partial charge in [-0.1, -0.05) is 30.3 Å². The molecule has 5 rings (SSSR count). The Morgan fingerprint density at radius 1 is 1.12 bits per heavy atom. The van der Waals surface area contributed by atoms with Gasteiger partial charge in [-0.25, -0.2) is 0 Å². The molecule has 0 saturated carbocycles. The third-order valence-electron chi connectivity index (χ3n) is 6.48. The van der Waals surface area contributed by atoms with Crippen LogP contribution in [0.25, 0.3) is 10.8 Å². The SMILES string of the molecule is CCOc1ccc2ccccc2c1C(=O)Nc1ccc2c(c1)C(=O)N1CCCCC1CCO2. The molecular weight excluding hydrogens is 416 g/mol. The van der Waals surface area contributed by atoms with Crippen LogP contribution in [0.4, 0.5) is 5.69 Å². The van der Waals surface area contributed by atoms with Gasteiger partial charge in [-0.05, 0) is 61.2 Å². The molecule has 1 atom stereocenters.